The van der Waals surface area contributed by atoms with E-state index in [1.807, 2.05) is 0 Å². The van der Waals surface area contributed by atoms with Gasteiger partial charge in [-0.25, -0.2) is 33.6 Å². The van der Waals surface area contributed by atoms with Crippen molar-refractivity contribution in [3.63, 3.8) is 0 Å². The van der Waals surface area contributed by atoms with Crippen molar-refractivity contribution in [2.45, 2.75) is 33.5 Å². The lowest BCUT2D eigenvalue weighted by Crippen LogP contribution is -2.34. The van der Waals surface area contributed by atoms with E-state index < -0.39 is 163 Å². The summed E-state index contributed by atoms with van der Waals surface area (Å²) < 4.78 is 1.01. The number of pyridine rings is 2. The number of nitrogens with zero attached hydrogens (tertiary/aromatic N) is 8. The molecule has 3 aromatic carbocycles. The maximum Gasteiger partial charge on any atom is 0.337 e. The van der Waals surface area contributed by atoms with Crippen LogP contribution in [0.4, 0.5) is 28.4 Å². The van der Waals surface area contributed by atoms with Crippen LogP contribution in [0.5, 0.6) is 11.8 Å². The highest BCUT2D eigenvalue weighted by Gasteiger charge is 2.28. The van der Waals surface area contributed by atoms with Gasteiger partial charge in [-0.1, -0.05) is 0 Å². The first-order valence-corrected chi connectivity index (χ1v) is 20.4. The molecular formula is C46H36N10O18. The smallest absolute Gasteiger partial charge is 0.337 e. The van der Waals surface area contributed by atoms with Crippen molar-refractivity contribution in [3.8, 4) is 17.8 Å². The molecule has 0 spiro atoms. The number of rotatable bonds is 18. The van der Waals surface area contributed by atoms with E-state index in [-0.39, 0.29) is 23.1 Å². The Kier molecular flexibility index (Phi) is 17.6. The molecule has 0 aliphatic heterocycles. The molecule has 0 saturated carbocycles. The molecule has 10 N–H and O–H groups in total. The van der Waals surface area contributed by atoms with Gasteiger partial charge in [0.1, 0.15) is 28.7 Å². The zero-order chi connectivity index (χ0) is 55.5. The quantitative estimate of drug-likeness (QED) is 0.0224. The molecule has 0 radical (unpaired) electrons. The molecule has 28 heteroatoms. The number of aromatic hydroxyl groups is 2. The molecule has 5 aromatic rings. The zero-order valence-electron chi connectivity index (χ0n) is 38.1. The number of carboxylic acid groups (broad SMARTS) is 6. The van der Waals surface area contributed by atoms with Crippen LogP contribution in [0.3, 0.4) is 0 Å². The van der Waals surface area contributed by atoms with E-state index >= 15 is 0 Å². The number of amides is 2. The standard InChI is InChI=1S/C44H32N10O18.C2H4/c1-17-27(15-45)35(57)53(37(59)31(17)51-49-28-11-19(39(61)62)5-7-21(28)41(65)66)10-4-9-47-33(55)23-13-24(26(44(71)72)14-25(23)43(69)70)34(56)48-16-54-36(58)30(46-3)18(2)32(38(54)60)52-50-29-12-20(40(63)64)6-8-22(29)42(67)68;1-2/h5-8,11-14,57-58H,4,9-10,16H2,1-2H3,(H,47,55)(H,48,56)(H,61,62)(H,63,64)(H,65,66)(H,67,68)(H,69,70)(H,71,72);1-2H2. The van der Waals surface area contributed by atoms with Crippen LogP contribution < -0.4 is 21.8 Å². The number of nitrogens with one attached hydrogen (secondary N) is 2. The first-order chi connectivity index (χ1) is 34.9. The highest BCUT2D eigenvalue weighted by molar-refractivity contribution is 6.12. The van der Waals surface area contributed by atoms with Crippen LogP contribution in [0.1, 0.15) is 106 Å². The molecule has 0 saturated heterocycles. The minimum Gasteiger partial charge on any atom is -0.503 e. The van der Waals surface area contributed by atoms with E-state index in [9.17, 15) is 94.1 Å². The highest BCUT2D eigenvalue weighted by Crippen LogP contribution is 2.35. The number of hydrogen-bond acceptors (Lipinski definition) is 17. The van der Waals surface area contributed by atoms with Gasteiger partial charge in [0.25, 0.3) is 22.9 Å². The van der Waals surface area contributed by atoms with Gasteiger partial charge in [-0.15, -0.1) is 33.6 Å². The second kappa shape index (κ2) is 23.4. The van der Waals surface area contributed by atoms with Gasteiger partial charge in [0.2, 0.25) is 11.6 Å². The third kappa shape index (κ3) is 11.6. The number of carbonyl (C=O) groups is 8. The molecule has 2 aromatic heterocycles. The number of benzene rings is 3. The maximum absolute atomic E-state index is 13.6. The molecule has 74 heavy (non-hydrogen) atoms. The largest absolute Gasteiger partial charge is 0.503 e. The number of carboxylic acids is 6. The molecule has 5 rings (SSSR count). The molecule has 0 aliphatic carbocycles. The van der Waals surface area contributed by atoms with Gasteiger partial charge in [0.05, 0.1) is 57.7 Å². The van der Waals surface area contributed by atoms with Crippen molar-refractivity contribution in [1.29, 1.82) is 5.26 Å². The molecule has 0 fully saturated rings. The van der Waals surface area contributed by atoms with E-state index in [1.165, 1.54) is 6.92 Å². The minimum atomic E-state index is -1.87. The number of hydrogen-bond donors (Lipinski definition) is 10. The fourth-order valence-electron chi connectivity index (χ4n) is 6.63. The summed E-state index contributed by atoms with van der Waals surface area (Å²) in [5, 5.41) is 108. The van der Waals surface area contributed by atoms with Gasteiger partial charge < -0.3 is 51.5 Å². The molecule has 2 amide bonds. The Morgan fingerprint density at radius 3 is 1.47 bits per heavy atom. The highest BCUT2D eigenvalue weighted by atomic mass is 16.4. The predicted molar refractivity (Wildman–Crippen MR) is 250 cm³/mol. The lowest BCUT2D eigenvalue weighted by atomic mass is 9.97. The van der Waals surface area contributed by atoms with E-state index in [1.54, 1.807) is 6.07 Å². The Morgan fingerprint density at radius 2 is 1.04 bits per heavy atom. The summed E-state index contributed by atoms with van der Waals surface area (Å²) in [6, 6.07) is 8.25. The number of aromatic nitrogens is 2. The molecule has 378 valence electrons. The lowest BCUT2D eigenvalue weighted by molar-refractivity contribution is 0.0676. The second-order valence-corrected chi connectivity index (χ2v) is 14.6. The van der Waals surface area contributed by atoms with Gasteiger partial charge in [-0.05, 0) is 74.4 Å². The van der Waals surface area contributed by atoms with Gasteiger partial charge in [0, 0.05) is 18.7 Å². The topological polar surface area (TPSA) is 444 Å². The third-order valence-corrected chi connectivity index (χ3v) is 10.3. The monoisotopic (exact) mass is 1020 g/mol. The predicted octanol–water partition coefficient (Wildman–Crippen LogP) is 5.49. The minimum absolute atomic E-state index is 0.201. The van der Waals surface area contributed by atoms with Crippen LogP contribution in [0.2, 0.25) is 0 Å². The van der Waals surface area contributed by atoms with Crippen LogP contribution in [-0.4, -0.2) is 104 Å². The van der Waals surface area contributed by atoms with Crippen LogP contribution in [-0.2, 0) is 13.2 Å². The number of carbonyl (C=O) groups excluding carboxylic acids is 2. The van der Waals surface area contributed by atoms with Crippen LogP contribution in [0, 0.1) is 31.8 Å². The number of nitriles is 1. The van der Waals surface area contributed by atoms with Crippen molar-refractivity contribution in [2.75, 3.05) is 6.54 Å². The summed E-state index contributed by atoms with van der Waals surface area (Å²) in [6.45, 7) is 13.9. The number of aromatic carboxylic acids is 6. The Bertz CT molecular complexity index is 3530. The van der Waals surface area contributed by atoms with Crippen molar-refractivity contribution >= 4 is 76.1 Å². The molecule has 2 heterocycles. The maximum atomic E-state index is 13.6. The summed E-state index contributed by atoms with van der Waals surface area (Å²) >= 11 is 0. The second-order valence-electron chi connectivity index (χ2n) is 14.6. The van der Waals surface area contributed by atoms with Gasteiger partial charge in [-0.3, -0.25) is 28.3 Å². The van der Waals surface area contributed by atoms with E-state index in [0.29, 0.717) is 21.3 Å². The van der Waals surface area contributed by atoms with Crippen LogP contribution in [0.15, 0.2) is 91.7 Å². The summed E-state index contributed by atoms with van der Waals surface area (Å²) in [7, 11) is 0. The Labute approximate surface area is 412 Å². The SMILES string of the molecule is C=C.[C-]#[N+]c1c(C)c(N=Nc2cc(C(=O)O)ccc2C(=O)O)c(=O)n(CNC(=O)c2cc(C(=O)NCCCn3c(O)c(C#N)c(C)c(N=Nc4cc(C(=O)O)ccc4C(=O)O)c3=O)c(C(=O)O)cc2C(=O)O)c1O. The van der Waals surface area contributed by atoms with E-state index in [0.717, 1.165) is 43.3 Å². The summed E-state index contributed by atoms with van der Waals surface area (Å²) in [5.41, 5.74) is -11.6. The first kappa shape index (κ1) is 55.4. The first-order valence-electron chi connectivity index (χ1n) is 20.4. The molecule has 0 aliphatic rings. The van der Waals surface area contributed by atoms with Crippen molar-refractivity contribution < 1.29 is 79.2 Å². The zero-order valence-corrected chi connectivity index (χ0v) is 38.1. The number of azo groups is 2. The van der Waals surface area contributed by atoms with Gasteiger partial charge >= 0.3 is 35.8 Å². The van der Waals surface area contributed by atoms with Crippen molar-refractivity contribution in [2.24, 2.45) is 20.5 Å². The van der Waals surface area contributed by atoms with Crippen LogP contribution >= 0.6 is 0 Å². The lowest BCUT2D eigenvalue weighted by Gasteiger charge is -2.16. The molecule has 0 atom stereocenters. The summed E-state index contributed by atoms with van der Waals surface area (Å²) in [6.07, 6.45) is -0.269. The summed E-state index contributed by atoms with van der Waals surface area (Å²) in [5.74, 6) is -14.2. The molecule has 0 unspecified atom stereocenters. The Hall–Kier alpha value is -11.2. The Morgan fingerprint density at radius 1 is 0.608 bits per heavy atom. The average molecular weight is 1020 g/mol. The normalized spacial score (nSPS) is 10.6. The van der Waals surface area contributed by atoms with Crippen molar-refractivity contribution in [3.05, 3.63) is 155 Å². The molecule has 28 nitrogen and oxygen atoms in total. The molecular weight excluding hydrogens is 981 g/mol. The Balaban J connectivity index is 0.00000585. The van der Waals surface area contributed by atoms with E-state index in [4.69, 9.17) is 6.57 Å². The fraction of sp³-hybridized carbons (Fsp3) is 0.130. The van der Waals surface area contributed by atoms with E-state index in [2.05, 4.69) is 49.1 Å². The van der Waals surface area contributed by atoms with Crippen molar-refractivity contribution in [1.82, 2.24) is 19.8 Å². The van der Waals surface area contributed by atoms with Gasteiger partial charge in [0.15, 0.2) is 11.6 Å². The fourth-order valence-corrected chi connectivity index (χ4v) is 6.63. The van der Waals surface area contributed by atoms with Crippen LogP contribution in [0.25, 0.3) is 4.85 Å². The van der Waals surface area contributed by atoms with Gasteiger partial charge in [-0.2, -0.15) is 5.26 Å². The average Bonchev–Trinajstić information content (AvgIpc) is 3.35. The summed E-state index contributed by atoms with van der Waals surface area (Å²) in [4.78, 5) is 129. The third-order valence-electron chi connectivity index (χ3n) is 10.3. The molecule has 0 bridgehead atoms.